The van der Waals surface area contributed by atoms with Crippen molar-refractivity contribution in [1.29, 1.82) is 0 Å². The number of anilines is 1. The van der Waals surface area contributed by atoms with Crippen LogP contribution >= 0.6 is 22.9 Å². The maximum Gasteiger partial charge on any atom is 0.267 e. The predicted molar refractivity (Wildman–Crippen MR) is 110 cm³/mol. The van der Waals surface area contributed by atoms with Gasteiger partial charge in [-0.1, -0.05) is 35.9 Å². The van der Waals surface area contributed by atoms with Crippen LogP contribution in [0.5, 0.6) is 0 Å². The molecule has 27 heavy (non-hydrogen) atoms. The number of hydrogen-bond acceptors (Lipinski definition) is 4. The maximum atomic E-state index is 12.8. The summed E-state index contributed by atoms with van der Waals surface area (Å²) in [5.74, 6) is -0.524. The number of carbonyl (C=O) groups is 2. The van der Waals surface area contributed by atoms with Crippen molar-refractivity contribution in [1.82, 2.24) is 10.3 Å². The lowest BCUT2D eigenvalue weighted by molar-refractivity contribution is 0.0956. The molecule has 0 unspecified atom stereocenters. The van der Waals surface area contributed by atoms with E-state index in [4.69, 9.17) is 11.6 Å². The van der Waals surface area contributed by atoms with Crippen LogP contribution in [0.1, 0.15) is 32.6 Å². The number of amides is 2. The molecule has 0 atom stereocenters. The molecule has 1 aromatic heterocycles. The molecule has 138 valence electrons. The molecular formula is C20H18ClN3O2S. The highest BCUT2D eigenvalue weighted by Gasteiger charge is 2.19. The molecule has 7 heteroatoms. The summed E-state index contributed by atoms with van der Waals surface area (Å²) in [4.78, 5) is 30.0. The highest BCUT2D eigenvalue weighted by molar-refractivity contribution is 7.17. The summed E-state index contributed by atoms with van der Waals surface area (Å²) < 4.78 is 0. The largest absolute Gasteiger partial charge is 0.352 e. The number of nitrogens with zero attached hydrogens (tertiary/aromatic N) is 1. The van der Waals surface area contributed by atoms with Gasteiger partial charge in [0.05, 0.1) is 16.9 Å². The van der Waals surface area contributed by atoms with Crippen molar-refractivity contribution in [2.24, 2.45) is 0 Å². The van der Waals surface area contributed by atoms with Crippen LogP contribution in [-0.2, 0) is 0 Å². The molecule has 2 aromatic carbocycles. The fourth-order valence-corrected chi connectivity index (χ4v) is 3.73. The second-order valence-electron chi connectivity index (χ2n) is 5.80. The summed E-state index contributed by atoms with van der Waals surface area (Å²) in [5, 5.41) is 6.91. The van der Waals surface area contributed by atoms with Crippen LogP contribution in [0, 0.1) is 6.92 Å². The van der Waals surface area contributed by atoms with Crippen molar-refractivity contribution in [2.75, 3.05) is 11.9 Å². The van der Waals surface area contributed by atoms with E-state index in [0.29, 0.717) is 33.4 Å². The van der Waals surface area contributed by atoms with Gasteiger partial charge in [-0.25, -0.2) is 4.98 Å². The first-order valence-corrected chi connectivity index (χ1v) is 9.61. The topological polar surface area (TPSA) is 71.1 Å². The minimum atomic E-state index is -0.296. The fourth-order valence-electron chi connectivity index (χ4n) is 2.58. The summed E-state index contributed by atoms with van der Waals surface area (Å²) in [6.45, 7) is 4.14. The monoisotopic (exact) mass is 399 g/mol. The molecule has 0 bridgehead atoms. The van der Waals surface area contributed by atoms with Crippen LogP contribution in [-0.4, -0.2) is 23.3 Å². The van der Waals surface area contributed by atoms with Crippen LogP contribution in [0.15, 0.2) is 48.5 Å². The van der Waals surface area contributed by atoms with E-state index in [9.17, 15) is 9.59 Å². The Morgan fingerprint density at radius 2 is 1.89 bits per heavy atom. The Morgan fingerprint density at radius 3 is 2.63 bits per heavy atom. The molecule has 0 aliphatic carbocycles. The molecule has 0 fully saturated rings. The Morgan fingerprint density at radius 1 is 1.11 bits per heavy atom. The van der Waals surface area contributed by atoms with Gasteiger partial charge in [-0.3, -0.25) is 9.59 Å². The second-order valence-corrected chi connectivity index (χ2v) is 7.24. The van der Waals surface area contributed by atoms with E-state index in [2.05, 4.69) is 15.6 Å². The van der Waals surface area contributed by atoms with Crippen molar-refractivity contribution in [3.05, 3.63) is 69.7 Å². The third-order valence-electron chi connectivity index (χ3n) is 3.83. The van der Waals surface area contributed by atoms with Crippen LogP contribution in [0.4, 0.5) is 5.69 Å². The minimum Gasteiger partial charge on any atom is -0.352 e. The molecule has 2 N–H and O–H groups in total. The molecule has 0 aliphatic heterocycles. The molecule has 0 radical (unpaired) electrons. The number of benzene rings is 2. The molecule has 3 aromatic rings. The van der Waals surface area contributed by atoms with Crippen LogP contribution < -0.4 is 10.6 Å². The predicted octanol–water partition coefficient (Wildman–Crippen LogP) is 4.77. The van der Waals surface area contributed by atoms with E-state index in [1.807, 2.05) is 25.1 Å². The average molecular weight is 400 g/mol. The third-order valence-corrected chi connectivity index (χ3v) is 5.27. The molecule has 3 rings (SSSR count). The number of nitrogens with one attached hydrogen (secondary N) is 2. The number of aryl methyl sites for hydroxylation is 1. The van der Waals surface area contributed by atoms with Crippen molar-refractivity contribution in [2.45, 2.75) is 13.8 Å². The Balaban J connectivity index is 1.87. The maximum absolute atomic E-state index is 12.8. The molecule has 2 amide bonds. The highest BCUT2D eigenvalue weighted by Crippen LogP contribution is 2.30. The molecule has 0 spiro atoms. The van der Waals surface area contributed by atoms with Gasteiger partial charge in [-0.15, -0.1) is 11.3 Å². The van der Waals surface area contributed by atoms with Crippen LogP contribution in [0.25, 0.3) is 10.6 Å². The van der Waals surface area contributed by atoms with Crippen LogP contribution in [0.3, 0.4) is 0 Å². The van der Waals surface area contributed by atoms with E-state index >= 15 is 0 Å². The quantitative estimate of drug-likeness (QED) is 0.648. The van der Waals surface area contributed by atoms with E-state index < -0.39 is 0 Å². The van der Waals surface area contributed by atoms with Crippen molar-refractivity contribution in [3.63, 3.8) is 0 Å². The van der Waals surface area contributed by atoms with E-state index in [1.165, 1.54) is 11.3 Å². The molecule has 1 heterocycles. The molecule has 0 saturated carbocycles. The zero-order chi connectivity index (χ0) is 19.4. The summed E-state index contributed by atoms with van der Waals surface area (Å²) in [7, 11) is 0. The lowest BCUT2D eigenvalue weighted by atomic mass is 10.1. The number of para-hydroxylation sites is 1. The standard InChI is InChI=1S/C20H18ClN3O2S/c1-3-22-18(25)15-9-4-5-10-16(15)24-19(26)17-12(2)23-20(27-17)13-7-6-8-14(21)11-13/h4-11H,3H2,1-2H3,(H,22,25)(H,24,26). The van der Waals surface area contributed by atoms with Gasteiger partial charge in [0.1, 0.15) is 9.88 Å². The molecule has 5 nitrogen and oxygen atoms in total. The second kappa shape index (κ2) is 8.33. The summed E-state index contributed by atoms with van der Waals surface area (Å²) in [6.07, 6.45) is 0. The highest BCUT2D eigenvalue weighted by atomic mass is 35.5. The van der Waals surface area contributed by atoms with Crippen molar-refractivity contribution < 1.29 is 9.59 Å². The van der Waals surface area contributed by atoms with E-state index in [-0.39, 0.29) is 11.8 Å². The normalized spacial score (nSPS) is 10.5. The SMILES string of the molecule is CCNC(=O)c1ccccc1NC(=O)c1sc(-c2cccc(Cl)c2)nc1C. The first-order valence-electron chi connectivity index (χ1n) is 8.41. The van der Waals surface area contributed by atoms with Gasteiger partial charge in [0, 0.05) is 17.1 Å². The van der Waals surface area contributed by atoms with E-state index in [0.717, 1.165) is 10.6 Å². The van der Waals surface area contributed by atoms with Gasteiger partial charge in [0.15, 0.2) is 0 Å². The Bertz CT molecular complexity index is 1000. The zero-order valence-corrected chi connectivity index (χ0v) is 16.4. The number of halogens is 1. The van der Waals surface area contributed by atoms with E-state index in [1.54, 1.807) is 37.3 Å². The summed E-state index contributed by atoms with van der Waals surface area (Å²) in [5.41, 5.74) is 2.37. The summed E-state index contributed by atoms with van der Waals surface area (Å²) >= 11 is 7.33. The Kier molecular flexibility index (Phi) is 5.88. The van der Waals surface area contributed by atoms with Crippen molar-refractivity contribution >= 4 is 40.4 Å². The van der Waals surface area contributed by atoms with Gasteiger partial charge in [0.2, 0.25) is 0 Å². The lowest BCUT2D eigenvalue weighted by Gasteiger charge is -2.10. The third kappa shape index (κ3) is 4.35. The van der Waals surface area contributed by atoms with Gasteiger partial charge >= 0.3 is 0 Å². The number of rotatable bonds is 5. The van der Waals surface area contributed by atoms with Crippen molar-refractivity contribution in [3.8, 4) is 10.6 Å². The van der Waals surface area contributed by atoms with Gasteiger partial charge in [0.25, 0.3) is 11.8 Å². The summed E-state index contributed by atoms with van der Waals surface area (Å²) in [6, 6.07) is 14.3. The fraction of sp³-hybridized carbons (Fsp3) is 0.150. The van der Waals surface area contributed by atoms with Crippen LogP contribution in [0.2, 0.25) is 5.02 Å². The van der Waals surface area contributed by atoms with Gasteiger partial charge < -0.3 is 10.6 Å². The smallest absolute Gasteiger partial charge is 0.267 e. The average Bonchev–Trinajstić information content (AvgIpc) is 3.04. The first kappa shape index (κ1) is 19.1. The number of hydrogen-bond donors (Lipinski definition) is 2. The first-order chi connectivity index (χ1) is 13.0. The molecule has 0 aliphatic rings. The number of carbonyl (C=O) groups excluding carboxylic acids is 2. The molecular weight excluding hydrogens is 382 g/mol. The molecule has 0 saturated heterocycles. The van der Waals surface area contributed by atoms with Gasteiger partial charge in [-0.2, -0.15) is 0 Å². The minimum absolute atomic E-state index is 0.228. The Hall–Kier alpha value is -2.70. The lowest BCUT2D eigenvalue weighted by Crippen LogP contribution is -2.24. The number of thiazole rings is 1. The Labute approximate surface area is 166 Å². The van der Waals surface area contributed by atoms with Gasteiger partial charge in [-0.05, 0) is 38.1 Å². The zero-order valence-electron chi connectivity index (χ0n) is 14.9. The number of aromatic nitrogens is 1.